The zero-order valence-electron chi connectivity index (χ0n) is 21.4. The van der Waals surface area contributed by atoms with E-state index >= 15 is 0 Å². The van der Waals surface area contributed by atoms with Crippen molar-refractivity contribution < 1.29 is 26.7 Å². The van der Waals surface area contributed by atoms with Crippen LogP contribution in [0.3, 0.4) is 0 Å². The van der Waals surface area contributed by atoms with Crippen LogP contribution in [0, 0.1) is 0 Å². The Balaban J connectivity index is 1.78. The van der Waals surface area contributed by atoms with E-state index in [9.17, 15) is 21.6 Å². The second-order valence-corrected chi connectivity index (χ2v) is 10.9. The van der Waals surface area contributed by atoms with Gasteiger partial charge in [-0.3, -0.25) is 4.72 Å². The molecule has 2 N–H and O–H groups in total. The highest BCUT2D eigenvalue weighted by Crippen LogP contribution is 2.38. The Kier molecular flexibility index (Phi) is 9.24. The Hall–Kier alpha value is -3.44. The average Bonchev–Trinajstić information content (AvgIpc) is 2.91. The van der Waals surface area contributed by atoms with Crippen LogP contribution in [0.5, 0.6) is 0 Å². The monoisotopic (exact) mass is 560 g/mol. The third-order valence-corrected chi connectivity index (χ3v) is 7.65. The Morgan fingerprint density at radius 3 is 2.56 bits per heavy atom. The summed E-state index contributed by atoms with van der Waals surface area (Å²) in [5, 5.41) is 8.84. The van der Waals surface area contributed by atoms with Gasteiger partial charge in [-0.25, -0.2) is 9.97 Å². The van der Waals surface area contributed by atoms with Gasteiger partial charge in [-0.15, -0.1) is 0 Å². The third-order valence-electron chi connectivity index (χ3n) is 6.40. The van der Waals surface area contributed by atoms with Crippen LogP contribution in [0.4, 0.5) is 24.8 Å². The topological polar surface area (TPSA) is 95.4 Å². The maximum atomic E-state index is 13.9. The number of halogens is 3. The Morgan fingerprint density at radius 2 is 1.77 bits per heavy atom. The largest absolute Gasteiger partial charge is 0.418 e. The minimum Gasteiger partial charge on any atom is -0.396 e. The lowest BCUT2D eigenvalue weighted by Gasteiger charge is -2.24. The maximum Gasteiger partial charge on any atom is 0.418 e. The summed E-state index contributed by atoms with van der Waals surface area (Å²) < 4.78 is 70.7. The molecule has 11 heteroatoms. The van der Waals surface area contributed by atoms with Crippen molar-refractivity contribution in [1.29, 1.82) is 0 Å². The van der Waals surface area contributed by atoms with Gasteiger partial charge in [0.25, 0.3) is 10.0 Å². The number of aromatic nitrogens is 2. The number of fused-ring (bicyclic) bond motifs is 6. The number of aliphatic hydroxyl groups is 1. The van der Waals surface area contributed by atoms with E-state index in [1.165, 1.54) is 6.07 Å². The third kappa shape index (κ3) is 7.36. The minimum atomic E-state index is -4.69. The highest BCUT2D eigenvalue weighted by atomic mass is 32.2. The van der Waals surface area contributed by atoms with Crippen molar-refractivity contribution in [3.63, 3.8) is 0 Å². The number of rotatable bonds is 5. The number of nitrogens with one attached hydrogen (secondary N) is 1. The predicted octanol–water partition coefficient (Wildman–Crippen LogP) is 6.13. The van der Waals surface area contributed by atoms with E-state index in [1.54, 1.807) is 42.5 Å². The summed E-state index contributed by atoms with van der Waals surface area (Å²) >= 11 is 0. The van der Waals surface area contributed by atoms with Crippen LogP contribution in [0.2, 0.25) is 0 Å². The summed E-state index contributed by atoms with van der Waals surface area (Å²) in [7, 11) is -4.25. The Labute approximate surface area is 226 Å². The quantitative estimate of drug-likeness (QED) is 0.365. The van der Waals surface area contributed by atoms with Crippen LogP contribution >= 0.6 is 0 Å². The molecule has 0 fully saturated rings. The molecule has 0 unspecified atom stereocenters. The predicted molar refractivity (Wildman–Crippen MR) is 146 cm³/mol. The summed E-state index contributed by atoms with van der Waals surface area (Å²) in [6.07, 6.45) is 3.71. The summed E-state index contributed by atoms with van der Waals surface area (Å²) in [6, 6.07) is 13.1. The van der Waals surface area contributed by atoms with Gasteiger partial charge >= 0.3 is 6.18 Å². The van der Waals surface area contributed by atoms with E-state index in [0.29, 0.717) is 30.9 Å². The van der Waals surface area contributed by atoms with Crippen molar-refractivity contribution >= 4 is 27.7 Å². The first-order chi connectivity index (χ1) is 18.7. The molecule has 0 spiro atoms. The molecule has 0 aliphatic carbocycles. The van der Waals surface area contributed by atoms with Gasteiger partial charge in [-0.2, -0.15) is 21.6 Å². The summed E-state index contributed by atoms with van der Waals surface area (Å²) in [5.41, 5.74) is -0.511. The van der Waals surface area contributed by atoms with E-state index < -0.39 is 21.8 Å². The van der Waals surface area contributed by atoms with Crippen LogP contribution in [-0.2, 0) is 16.2 Å². The molecule has 1 aliphatic rings. The molecule has 3 aromatic rings. The number of hydrogen-bond donors (Lipinski definition) is 2. The molecule has 208 valence electrons. The normalized spacial score (nSPS) is 15.7. The van der Waals surface area contributed by atoms with Crippen LogP contribution in [-0.4, -0.2) is 43.2 Å². The lowest BCUT2D eigenvalue weighted by molar-refractivity contribution is -0.137. The highest BCUT2D eigenvalue weighted by molar-refractivity contribution is 7.92. The van der Waals surface area contributed by atoms with Gasteiger partial charge in [0.15, 0.2) is 5.03 Å². The van der Waals surface area contributed by atoms with Gasteiger partial charge < -0.3 is 10.0 Å². The lowest BCUT2D eigenvalue weighted by Crippen LogP contribution is -2.27. The molecule has 39 heavy (non-hydrogen) atoms. The van der Waals surface area contributed by atoms with Crippen molar-refractivity contribution in [2.75, 3.05) is 29.3 Å². The fourth-order valence-electron chi connectivity index (χ4n) is 4.44. The Morgan fingerprint density at radius 1 is 0.949 bits per heavy atom. The SMILES string of the molecule is O=S1(=O)Nc2ccc(C(F)(F)F)c(n2)-c2ccccc2C=CCCCCN(CCCCCO)c2cccc1n2. The summed E-state index contributed by atoms with van der Waals surface area (Å²) in [6.45, 7) is 1.43. The van der Waals surface area contributed by atoms with Gasteiger partial charge in [-0.1, -0.05) is 42.5 Å². The van der Waals surface area contributed by atoms with Crippen molar-refractivity contribution in [3.05, 3.63) is 71.8 Å². The van der Waals surface area contributed by atoms with E-state index in [0.717, 1.165) is 44.2 Å². The number of unbranched alkanes of at least 4 members (excludes halogenated alkanes) is 2. The number of allylic oxidation sites excluding steroid dienone is 1. The number of benzene rings is 1. The van der Waals surface area contributed by atoms with E-state index in [4.69, 9.17) is 5.11 Å². The number of hydrogen-bond acceptors (Lipinski definition) is 6. The van der Waals surface area contributed by atoms with Crippen LogP contribution in [0.1, 0.15) is 49.7 Å². The minimum absolute atomic E-state index is 0.118. The fourth-order valence-corrected chi connectivity index (χ4v) is 5.40. The van der Waals surface area contributed by atoms with Gasteiger partial charge in [0.1, 0.15) is 11.6 Å². The number of alkyl halides is 3. The molecule has 0 atom stereocenters. The van der Waals surface area contributed by atoms with Gasteiger partial charge in [0.05, 0.1) is 11.3 Å². The molecule has 3 heterocycles. The van der Waals surface area contributed by atoms with Crippen LogP contribution in [0.25, 0.3) is 17.3 Å². The molecule has 7 nitrogen and oxygen atoms in total. The second kappa shape index (κ2) is 12.6. The number of aliphatic hydroxyl groups excluding tert-OH is 1. The zero-order chi connectivity index (χ0) is 27.9. The van der Waals surface area contributed by atoms with Gasteiger partial charge in [0.2, 0.25) is 0 Å². The highest BCUT2D eigenvalue weighted by Gasteiger charge is 2.35. The first-order valence-corrected chi connectivity index (χ1v) is 14.4. The lowest BCUT2D eigenvalue weighted by atomic mass is 9.99. The van der Waals surface area contributed by atoms with E-state index in [-0.39, 0.29) is 28.7 Å². The molecule has 1 aromatic carbocycles. The molecule has 0 amide bonds. The number of sulfonamides is 1. The van der Waals surface area contributed by atoms with Crippen molar-refractivity contribution in [3.8, 4) is 11.3 Å². The van der Waals surface area contributed by atoms with E-state index in [1.807, 2.05) is 11.0 Å². The van der Waals surface area contributed by atoms with E-state index in [2.05, 4.69) is 14.7 Å². The maximum absolute atomic E-state index is 13.9. The van der Waals surface area contributed by atoms with Crippen molar-refractivity contribution in [2.45, 2.75) is 49.7 Å². The standard InChI is InChI=1S/C28H31F3N4O3S/c29-28(30,31)23-16-17-24-32-27(23)22-13-6-5-12-21(22)11-4-1-2-7-18-35(19-8-3-9-20-36)25-14-10-15-26(33-25)39(37,38)34-24/h4-6,10-17,36H,1-3,7-9,18-20H2,(H,32,34). The van der Waals surface area contributed by atoms with Crippen LogP contribution < -0.4 is 9.62 Å². The zero-order valence-corrected chi connectivity index (χ0v) is 22.2. The molecule has 0 saturated carbocycles. The molecular formula is C28H31F3N4O3S. The first kappa shape index (κ1) is 28.6. The molecule has 4 rings (SSSR count). The molecule has 4 bridgehead atoms. The van der Waals surface area contributed by atoms with Gasteiger partial charge in [0, 0.05) is 25.3 Å². The average molecular weight is 561 g/mol. The molecular weight excluding hydrogens is 529 g/mol. The van der Waals surface area contributed by atoms with Crippen molar-refractivity contribution in [1.82, 2.24) is 9.97 Å². The number of pyridine rings is 2. The van der Waals surface area contributed by atoms with Gasteiger partial charge in [-0.05, 0) is 68.4 Å². The number of anilines is 2. The summed E-state index contributed by atoms with van der Waals surface area (Å²) in [5.74, 6) is 0.254. The molecule has 0 saturated heterocycles. The molecule has 0 radical (unpaired) electrons. The van der Waals surface area contributed by atoms with Crippen molar-refractivity contribution in [2.24, 2.45) is 0 Å². The second-order valence-electron chi connectivity index (χ2n) is 9.29. The van der Waals surface area contributed by atoms with Crippen LogP contribution in [0.15, 0.2) is 65.7 Å². The smallest absolute Gasteiger partial charge is 0.396 e. The summed E-state index contributed by atoms with van der Waals surface area (Å²) in [4.78, 5) is 10.6. The first-order valence-electron chi connectivity index (χ1n) is 12.9. The molecule has 2 aromatic heterocycles. The fraction of sp³-hybridized carbons (Fsp3) is 0.357. The number of nitrogens with zero attached hydrogens (tertiary/aromatic N) is 3. The molecule has 1 aliphatic heterocycles. The Bertz CT molecular complexity index is 1410.